The van der Waals surface area contributed by atoms with E-state index in [1.54, 1.807) is 10.8 Å². The van der Waals surface area contributed by atoms with Crippen molar-refractivity contribution in [3.63, 3.8) is 0 Å². The zero-order valence-corrected chi connectivity index (χ0v) is 15.2. The van der Waals surface area contributed by atoms with Crippen LogP contribution in [-0.2, 0) is 6.42 Å². The summed E-state index contributed by atoms with van der Waals surface area (Å²) in [6, 6.07) is 7.98. The van der Waals surface area contributed by atoms with Crippen molar-refractivity contribution in [3.05, 3.63) is 51.5 Å². The van der Waals surface area contributed by atoms with Crippen LogP contribution in [-0.4, -0.2) is 26.2 Å². The number of fused-ring (bicyclic) bond motifs is 1. The standard InChI is InChI=1S/C19H22ClN3O2/c1-3-14(4-2)23-17-16(13-7-5-12(6-8-13)9-10-24)15(20)11-21-18(17)22-19(23)25/h5-8,11,14,24H,3-4,9-10H2,1-2H3,(H,21,22,25). The smallest absolute Gasteiger partial charge is 0.327 e. The van der Waals surface area contributed by atoms with Crippen LogP contribution >= 0.6 is 11.6 Å². The molecule has 0 fully saturated rings. The third-order valence-electron chi connectivity index (χ3n) is 4.64. The Morgan fingerprint density at radius 3 is 2.52 bits per heavy atom. The molecule has 3 aromatic rings. The van der Waals surface area contributed by atoms with Gasteiger partial charge in [-0.05, 0) is 30.4 Å². The Morgan fingerprint density at radius 1 is 1.24 bits per heavy atom. The second-order valence-corrected chi connectivity index (χ2v) is 6.53. The molecule has 0 amide bonds. The van der Waals surface area contributed by atoms with Crippen molar-refractivity contribution in [2.45, 2.75) is 39.2 Å². The molecule has 3 rings (SSSR count). The van der Waals surface area contributed by atoms with Gasteiger partial charge in [0, 0.05) is 24.4 Å². The van der Waals surface area contributed by atoms with Gasteiger partial charge in [0.25, 0.3) is 0 Å². The number of rotatable bonds is 6. The number of hydrogen-bond donors (Lipinski definition) is 2. The summed E-state index contributed by atoms with van der Waals surface area (Å²) in [5, 5.41) is 9.59. The van der Waals surface area contributed by atoms with Gasteiger partial charge >= 0.3 is 5.69 Å². The molecule has 0 aliphatic rings. The third-order valence-corrected chi connectivity index (χ3v) is 4.93. The summed E-state index contributed by atoms with van der Waals surface area (Å²) < 4.78 is 1.78. The lowest BCUT2D eigenvalue weighted by molar-refractivity contribution is 0.299. The van der Waals surface area contributed by atoms with Crippen LogP contribution in [0.4, 0.5) is 0 Å². The van der Waals surface area contributed by atoms with Crippen molar-refractivity contribution in [1.82, 2.24) is 14.5 Å². The highest BCUT2D eigenvalue weighted by atomic mass is 35.5. The number of aromatic nitrogens is 3. The molecule has 6 heteroatoms. The van der Waals surface area contributed by atoms with Crippen LogP contribution in [0.25, 0.3) is 22.3 Å². The van der Waals surface area contributed by atoms with Crippen LogP contribution in [0.15, 0.2) is 35.3 Å². The summed E-state index contributed by atoms with van der Waals surface area (Å²) in [6.45, 7) is 4.26. The van der Waals surface area contributed by atoms with Gasteiger partial charge in [-0.25, -0.2) is 9.78 Å². The maximum Gasteiger partial charge on any atom is 0.327 e. The van der Waals surface area contributed by atoms with Gasteiger partial charge in [-0.1, -0.05) is 49.7 Å². The number of aliphatic hydroxyl groups excluding tert-OH is 1. The fourth-order valence-corrected chi connectivity index (χ4v) is 3.56. The van der Waals surface area contributed by atoms with Crippen LogP contribution in [0.3, 0.4) is 0 Å². The fraction of sp³-hybridized carbons (Fsp3) is 0.368. The van der Waals surface area contributed by atoms with Crippen molar-refractivity contribution >= 4 is 22.8 Å². The summed E-state index contributed by atoms with van der Waals surface area (Å²) in [7, 11) is 0. The first kappa shape index (κ1) is 17.7. The van der Waals surface area contributed by atoms with Crippen molar-refractivity contribution in [1.29, 1.82) is 0 Å². The molecule has 0 bridgehead atoms. The van der Waals surface area contributed by atoms with Crippen LogP contribution in [0.1, 0.15) is 38.3 Å². The molecular formula is C19H22ClN3O2. The quantitative estimate of drug-likeness (QED) is 0.700. The molecule has 0 radical (unpaired) electrons. The highest BCUT2D eigenvalue weighted by Crippen LogP contribution is 2.35. The molecule has 0 aliphatic heterocycles. The maximum atomic E-state index is 12.5. The fourth-order valence-electron chi connectivity index (χ4n) is 3.31. The largest absolute Gasteiger partial charge is 0.396 e. The van der Waals surface area contributed by atoms with Crippen LogP contribution in [0.2, 0.25) is 5.02 Å². The van der Waals surface area contributed by atoms with Gasteiger partial charge in [0.2, 0.25) is 0 Å². The average Bonchev–Trinajstić information content (AvgIpc) is 2.94. The van der Waals surface area contributed by atoms with Crippen LogP contribution in [0.5, 0.6) is 0 Å². The molecule has 0 atom stereocenters. The van der Waals surface area contributed by atoms with Crippen molar-refractivity contribution in [3.8, 4) is 11.1 Å². The minimum Gasteiger partial charge on any atom is -0.396 e. The molecule has 2 heterocycles. The Labute approximate surface area is 151 Å². The average molecular weight is 360 g/mol. The summed E-state index contributed by atoms with van der Waals surface area (Å²) >= 11 is 6.48. The maximum absolute atomic E-state index is 12.5. The third kappa shape index (κ3) is 3.22. The van der Waals surface area contributed by atoms with Crippen LogP contribution in [0, 0.1) is 0 Å². The topological polar surface area (TPSA) is 70.9 Å². The lowest BCUT2D eigenvalue weighted by atomic mass is 10.0. The monoisotopic (exact) mass is 359 g/mol. The van der Waals surface area contributed by atoms with E-state index in [4.69, 9.17) is 16.7 Å². The predicted molar refractivity (Wildman–Crippen MR) is 101 cm³/mol. The summed E-state index contributed by atoms with van der Waals surface area (Å²) in [5.74, 6) is 0. The first-order chi connectivity index (χ1) is 12.1. The van der Waals surface area contributed by atoms with E-state index >= 15 is 0 Å². The Morgan fingerprint density at radius 2 is 1.92 bits per heavy atom. The zero-order valence-electron chi connectivity index (χ0n) is 14.4. The molecule has 0 aliphatic carbocycles. The van der Waals surface area contributed by atoms with E-state index in [-0.39, 0.29) is 18.3 Å². The molecule has 1 aromatic carbocycles. The van der Waals surface area contributed by atoms with Crippen molar-refractivity contribution < 1.29 is 5.11 Å². The van der Waals surface area contributed by atoms with E-state index in [2.05, 4.69) is 23.8 Å². The lowest BCUT2D eigenvalue weighted by Crippen LogP contribution is -2.21. The second-order valence-electron chi connectivity index (χ2n) is 6.12. The van der Waals surface area contributed by atoms with Gasteiger partial charge in [-0.15, -0.1) is 0 Å². The predicted octanol–water partition coefficient (Wildman–Crippen LogP) is 3.94. The van der Waals surface area contributed by atoms with Gasteiger partial charge in [-0.3, -0.25) is 9.55 Å². The Kier molecular flexibility index (Phi) is 5.25. The molecule has 2 N–H and O–H groups in total. The zero-order chi connectivity index (χ0) is 18.0. The van der Waals surface area contributed by atoms with Gasteiger partial charge in [0.1, 0.15) is 0 Å². The number of imidazole rings is 1. The molecule has 2 aromatic heterocycles. The number of nitrogens with one attached hydrogen (secondary N) is 1. The van der Waals surface area contributed by atoms with Gasteiger partial charge in [-0.2, -0.15) is 0 Å². The highest BCUT2D eigenvalue weighted by Gasteiger charge is 2.20. The van der Waals surface area contributed by atoms with Crippen molar-refractivity contribution in [2.75, 3.05) is 6.61 Å². The number of nitrogens with zero attached hydrogens (tertiary/aromatic N) is 2. The molecule has 0 spiro atoms. The van der Waals surface area contributed by atoms with Gasteiger partial charge in [0.05, 0.1) is 10.5 Å². The Hall–Kier alpha value is -2.11. The van der Waals surface area contributed by atoms with E-state index in [1.165, 1.54) is 0 Å². The highest BCUT2D eigenvalue weighted by molar-refractivity contribution is 6.34. The van der Waals surface area contributed by atoms with E-state index < -0.39 is 0 Å². The first-order valence-electron chi connectivity index (χ1n) is 8.59. The molecule has 5 nitrogen and oxygen atoms in total. The van der Waals surface area contributed by atoms with Crippen LogP contribution < -0.4 is 5.69 Å². The molecular weight excluding hydrogens is 338 g/mol. The Balaban J connectivity index is 2.26. The number of halogens is 1. The molecule has 132 valence electrons. The van der Waals surface area contributed by atoms with Gasteiger partial charge in [0.15, 0.2) is 5.65 Å². The SMILES string of the molecule is CCC(CC)n1c(=O)[nH]c2ncc(Cl)c(-c3ccc(CCO)cc3)c21. The number of benzene rings is 1. The van der Waals surface area contributed by atoms with E-state index in [1.807, 2.05) is 24.3 Å². The number of H-pyrrole nitrogens is 1. The van der Waals surface area contributed by atoms with E-state index in [9.17, 15) is 4.79 Å². The number of pyridine rings is 1. The lowest BCUT2D eigenvalue weighted by Gasteiger charge is -2.17. The number of aromatic amines is 1. The van der Waals surface area contributed by atoms with E-state index in [0.29, 0.717) is 17.1 Å². The minimum absolute atomic E-state index is 0.0916. The first-order valence-corrected chi connectivity index (χ1v) is 8.97. The van der Waals surface area contributed by atoms with Crippen molar-refractivity contribution in [2.24, 2.45) is 0 Å². The summed E-state index contributed by atoms with van der Waals surface area (Å²) in [4.78, 5) is 19.7. The number of hydrogen-bond acceptors (Lipinski definition) is 3. The van der Waals surface area contributed by atoms with E-state index in [0.717, 1.165) is 35.0 Å². The molecule has 0 saturated heterocycles. The minimum atomic E-state index is -0.156. The molecule has 25 heavy (non-hydrogen) atoms. The molecule has 0 unspecified atom stereocenters. The summed E-state index contributed by atoms with van der Waals surface area (Å²) in [6.07, 6.45) is 3.89. The summed E-state index contributed by atoms with van der Waals surface area (Å²) in [5.41, 5.74) is 3.94. The second kappa shape index (κ2) is 7.42. The van der Waals surface area contributed by atoms with Gasteiger partial charge < -0.3 is 5.11 Å². The Bertz CT molecular complexity index is 924. The molecule has 0 saturated carbocycles. The normalized spacial score (nSPS) is 11.6. The number of aliphatic hydroxyl groups is 1.